The van der Waals surface area contributed by atoms with Gasteiger partial charge in [-0.3, -0.25) is 13.4 Å². The number of anilines is 3. The van der Waals surface area contributed by atoms with Gasteiger partial charge in [-0.15, -0.1) is 0 Å². The number of carbonyl (C=O) groups is 1. The molecular formula is C19H25N3O5S2. The second-order valence-corrected chi connectivity index (χ2v) is 10.5. The molecule has 0 saturated heterocycles. The van der Waals surface area contributed by atoms with E-state index in [2.05, 4.69) is 5.32 Å². The molecule has 0 aliphatic carbocycles. The van der Waals surface area contributed by atoms with Gasteiger partial charge in [0.1, 0.15) is 6.04 Å². The van der Waals surface area contributed by atoms with Crippen LogP contribution in [0, 0.1) is 0 Å². The Bertz CT molecular complexity index is 1070. The Morgan fingerprint density at radius 1 is 0.931 bits per heavy atom. The summed E-state index contributed by atoms with van der Waals surface area (Å²) in [4.78, 5) is 12.9. The number of benzene rings is 2. The minimum absolute atomic E-state index is 0.247. The van der Waals surface area contributed by atoms with E-state index in [4.69, 9.17) is 0 Å². The van der Waals surface area contributed by atoms with Crippen LogP contribution in [0.2, 0.25) is 0 Å². The lowest BCUT2D eigenvalue weighted by atomic mass is 10.1. The molecule has 0 heterocycles. The third kappa shape index (κ3) is 5.70. The van der Waals surface area contributed by atoms with Crippen molar-refractivity contribution in [2.45, 2.75) is 19.4 Å². The normalized spacial score (nSPS) is 12.8. The van der Waals surface area contributed by atoms with E-state index in [1.165, 1.54) is 13.1 Å². The predicted molar refractivity (Wildman–Crippen MR) is 116 cm³/mol. The number of para-hydroxylation sites is 1. The fourth-order valence-corrected chi connectivity index (χ4v) is 4.54. The summed E-state index contributed by atoms with van der Waals surface area (Å²) in [5.74, 6) is -0.513. The van der Waals surface area contributed by atoms with Crippen LogP contribution >= 0.6 is 0 Å². The Balaban J connectivity index is 2.35. The molecule has 0 aliphatic rings. The second-order valence-electron chi connectivity index (χ2n) is 6.59. The van der Waals surface area contributed by atoms with Gasteiger partial charge in [-0.1, -0.05) is 31.2 Å². The molecule has 0 aliphatic heterocycles. The molecule has 0 saturated carbocycles. The van der Waals surface area contributed by atoms with Crippen molar-refractivity contribution in [3.63, 3.8) is 0 Å². The Hall–Kier alpha value is -2.59. The van der Waals surface area contributed by atoms with E-state index in [0.29, 0.717) is 17.1 Å². The summed E-state index contributed by atoms with van der Waals surface area (Å²) in [7, 11) is -5.77. The van der Waals surface area contributed by atoms with Crippen LogP contribution < -0.4 is 13.9 Å². The first-order valence-electron chi connectivity index (χ1n) is 8.84. The summed E-state index contributed by atoms with van der Waals surface area (Å²) >= 11 is 0. The molecule has 29 heavy (non-hydrogen) atoms. The molecule has 1 atom stereocenters. The molecule has 0 spiro atoms. The SMILES string of the molecule is CC[C@@H](C(=O)Nc1cccc(N(C)S(C)(=O)=O)c1)N(c1ccccc1)S(C)(=O)=O. The molecule has 158 valence electrons. The van der Waals surface area contributed by atoms with Gasteiger partial charge in [0.25, 0.3) is 0 Å². The molecule has 1 amide bonds. The molecule has 0 bridgehead atoms. The number of rotatable bonds is 8. The Kier molecular flexibility index (Phi) is 6.91. The second kappa shape index (κ2) is 8.83. The fraction of sp³-hybridized carbons (Fsp3) is 0.316. The highest BCUT2D eigenvalue weighted by Crippen LogP contribution is 2.24. The van der Waals surface area contributed by atoms with Crippen molar-refractivity contribution in [2.24, 2.45) is 0 Å². The van der Waals surface area contributed by atoms with E-state index in [-0.39, 0.29) is 6.42 Å². The Morgan fingerprint density at radius 3 is 2.03 bits per heavy atom. The summed E-state index contributed by atoms with van der Waals surface area (Å²) < 4.78 is 50.5. The minimum Gasteiger partial charge on any atom is -0.324 e. The molecule has 8 nitrogen and oxygen atoms in total. The number of carbonyl (C=O) groups excluding carboxylic acids is 1. The molecule has 10 heteroatoms. The number of hydrogen-bond donors (Lipinski definition) is 1. The van der Waals surface area contributed by atoms with E-state index < -0.39 is 32.0 Å². The number of nitrogens with zero attached hydrogens (tertiary/aromatic N) is 2. The lowest BCUT2D eigenvalue weighted by molar-refractivity contribution is -0.117. The first-order valence-corrected chi connectivity index (χ1v) is 12.5. The highest BCUT2D eigenvalue weighted by atomic mass is 32.2. The van der Waals surface area contributed by atoms with Gasteiger partial charge in [-0.05, 0) is 36.8 Å². The Morgan fingerprint density at radius 2 is 1.52 bits per heavy atom. The highest BCUT2D eigenvalue weighted by molar-refractivity contribution is 7.92. The van der Waals surface area contributed by atoms with Crippen LogP contribution in [0.3, 0.4) is 0 Å². The van der Waals surface area contributed by atoms with E-state index in [9.17, 15) is 21.6 Å². The van der Waals surface area contributed by atoms with E-state index in [1.54, 1.807) is 55.5 Å². The summed E-state index contributed by atoms with van der Waals surface area (Å²) in [6, 6.07) is 13.8. The Labute approximate surface area is 172 Å². The zero-order chi connectivity index (χ0) is 21.8. The predicted octanol–water partition coefficient (Wildman–Crippen LogP) is 2.27. The van der Waals surface area contributed by atoms with Crippen LogP contribution in [0.15, 0.2) is 54.6 Å². The quantitative estimate of drug-likeness (QED) is 0.679. The van der Waals surface area contributed by atoms with Crippen LogP contribution in [0.1, 0.15) is 13.3 Å². The van der Waals surface area contributed by atoms with Crippen LogP contribution in [0.25, 0.3) is 0 Å². The maximum atomic E-state index is 12.9. The lowest BCUT2D eigenvalue weighted by Crippen LogP contribution is -2.47. The van der Waals surface area contributed by atoms with Crippen LogP contribution in [-0.4, -0.2) is 48.3 Å². The van der Waals surface area contributed by atoms with Gasteiger partial charge in [-0.2, -0.15) is 0 Å². The van der Waals surface area contributed by atoms with Crippen molar-refractivity contribution in [2.75, 3.05) is 33.5 Å². The molecule has 0 unspecified atom stereocenters. The van der Waals surface area contributed by atoms with E-state index in [0.717, 1.165) is 21.1 Å². The molecule has 0 radical (unpaired) electrons. The van der Waals surface area contributed by atoms with Crippen LogP contribution in [-0.2, 0) is 24.8 Å². The molecule has 0 aromatic heterocycles. The average molecular weight is 440 g/mol. The maximum Gasteiger partial charge on any atom is 0.248 e. The molecule has 1 N–H and O–H groups in total. The topological polar surface area (TPSA) is 104 Å². The monoisotopic (exact) mass is 439 g/mol. The van der Waals surface area contributed by atoms with Crippen LogP contribution in [0.5, 0.6) is 0 Å². The summed E-state index contributed by atoms with van der Waals surface area (Å²) in [5, 5.41) is 2.70. The molecular weight excluding hydrogens is 414 g/mol. The number of nitrogens with one attached hydrogen (secondary N) is 1. The smallest absolute Gasteiger partial charge is 0.248 e. The number of amides is 1. The minimum atomic E-state index is -3.72. The van der Waals surface area contributed by atoms with Gasteiger partial charge < -0.3 is 5.32 Å². The maximum absolute atomic E-state index is 12.9. The average Bonchev–Trinajstić information content (AvgIpc) is 2.64. The van der Waals surface area contributed by atoms with Gasteiger partial charge in [0.2, 0.25) is 26.0 Å². The third-order valence-corrected chi connectivity index (χ3v) is 6.70. The van der Waals surface area contributed by atoms with E-state index >= 15 is 0 Å². The van der Waals surface area contributed by atoms with Gasteiger partial charge in [0.05, 0.1) is 23.9 Å². The first kappa shape index (κ1) is 22.7. The van der Waals surface area contributed by atoms with Gasteiger partial charge in [0.15, 0.2) is 0 Å². The van der Waals surface area contributed by atoms with Gasteiger partial charge in [-0.25, -0.2) is 16.8 Å². The van der Waals surface area contributed by atoms with Crippen molar-refractivity contribution >= 4 is 43.0 Å². The molecule has 2 aromatic rings. The summed E-state index contributed by atoms with van der Waals surface area (Å²) in [5.41, 5.74) is 1.13. The van der Waals surface area contributed by atoms with E-state index in [1.807, 2.05) is 0 Å². The summed E-state index contributed by atoms with van der Waals surface area (Å²) in [6.45, 7) is 1.72. The van der Waals surface area contributed by atoms with Crippen LogP contribution in [0.4, 0.5) is 17.1 Å². The first-order chi connectivity index (χ1) is 13.4. The molecule has 2 rings (SSSR count). The largest absolute Gasteiger partial charge is 0.324 e. The number of sulfonamides is 2. The fourth-order valence-electron chi connectivity index (χ4n) is 2.83. The number of hydrogen-bond acceptors (Lipinski definition) is 5. The molecule has 2 aromatic carbocycles. The lowest BCUT2D eigenvalue weighted by Gasteiger charge is -2.30. The third-order valence-electron chi connectivity index (χ3n) is 4.32. The van der Waals surface area contributed by atoms with Crippen molar-refractivity contribution in [1.29, 1.82) is 0 Å². The van der Waals surface area contributed by atoms with Gasteiger partial charge in [0, 0.05) is 12.7 Å². The zero-order valence-corrected chi connectivity index (χ0v) is 18.4. The van der Waals surface area contributed by atoms with Crippen molar-refractivity contribution in [3.05, 3.63) is 54.6 Å². The van der Waals surface area contributed by atoms with Crippen molar-refractivity contribution in [3.8, 4) is 0 Å². The standard InChI is InChI=1S/C19H25N3O5S2/c1-5-18(22(29(4,26)27)16-11-7-6-8-12-16)19(23)20-15-10-9-13-17(14-15)21(2)28(3,24)25/h6-14,18H,5H2,1-4H3,(H,20,23)/t18-/m0/s1. The van der Waals surface area contributed by atoms with Gasteiger partial charge >= 0.3 is 0 Å². The molecule has 0 fully saturated rings. The zero-order valence-electron chi connectivity index (χ0n) is 16.7. The summed E-state index contributed by atoms with van der Waals surface area (Å²) in [6.07, 6.45) is 2.38. The van der Waals surface area contributed by atoms with Crippen molar-refractivity contribution in [1.82, 2.24) is 0 Å². The van der Waals surface area contributed by atoms with Crippen molar-refractivity contribution < 1.29 is 21.6 Å². The highest BCUT2D eigenvalue weighted by Gasteiger charge is 2.31.